The normalized spacial score (nSPS) is 20.3. The predicted octanol–water partition coefficient (Wildman–Crippen LogP) is 1.84. The Labute approximate surface area is 111 Å². The van der Waals surface area contributed by atoms with Crippen LogP contribution in [-0.2, 0) is 6.54 Å². The Bertz CT molecular complexity index is 403. The molecule has 1 unspecified atom stereocenters. The fraction of sp³-hybridized carbons (Fsp3) is 0.600. The first-order valence-electron chi connectivity index (χ1n) is 6.79. The van der Waals surface area contributed by atoms with Gasteiger partial charge in [0.15, 0.2) is 0 Å². The third-order valence-electron chi connectivity index (χ3n) is 4.01. The van der Waals surface area contributed by atoms with E-state index in [-0.39, 0.29) is 0 Å². The second-order valence-corrected chi connectivity index (χ2v) is 5.61. The third kappa shape index (κ3) is 3.03. The summed E-state index contributed by atoms with van der Waals surface area (Å²) in [6.07, 6.45) is 1.32. The molecule has 1 heterocycles. The summed E-state index contributed by atoms with van der Waals surface area (Å²) in [5.41, 5.74) is 9.55. The van der Waals surface area contributed by atoms with Crippen LogP contribution in [0.2, 0.25) is 0 Å². The maximum Gasteiger partial charge on any atom is 0.0366 e. The molecule has 100 valence electrons. The van der Waals surface area contributed by atoms with Gasteiger partial charge in [0, 0.05) is 32.4 Å². The van der Waals surface area contributed by atoms with Crippen molar-refractivity contribution in [2.24, 2.45) is 11.7 Å². The summed E-state index contributed by atoms with van der Waals surface area (Å²) in [5.74, 6) is 0.800. The summed E-state index contributed by atoms with van der Waals surface area (Å²) in [6.45, 7) is 6.38. The summed E-state index contributed by atoms with van der Waals surface area (Å²) in [6, 6.07) is 6.59. The molecule has 1 aliphatic heterocycles. The number of likely N-dealkylation sites (tertiary alicyclic amines) is 1. The van der Waals surface area contributed by atoms with Crippen molar-refractivity contribution in [1.29, 1.82) is 0 Å². The molecule has 1 aliphatic rings. The highest BCUT2D eigenvalue weighted by Crippen LogP contribution is 2.21. The van der Waals surface area contributed by atoms with E-state index >= 15 is 0 Å². The quantitative estimate of drug-likeness (QED) is 0.881. The summed E-state index contributed by atoms with van der Waals surface area (Å²) >= 11 is 0. The topological polar surface area (TPSA) is 32.5 Å². The molecule has 2 rings (SSSR count). The zero-order valence-corrected chi connectivity index (χ0v) is 11.8. The third-order valence-corrected chi connectivity index (χ3v) is 4.01. The summed E-state index contributed by atoms with van der Waals surface area (Å²) in [7, 11) is 4.40. The molecule has 1 saturated heterocycles. The zero-order valence-electron chi connectivity index (χ0n) is 11.8. The van der Waals surface area contributed by atoms with Gasteiger partial charge < -0.3 is 15.5 Å². The van der Waals surface area contributed by atoms with E-state index in [1.807, 2.05) is 0 Å². The highest BCUT2D eigenvalue weighted by atomic mass is 15.1. The Morgan fingerprint density at radius 1 is 1.44 bits per heavy atom. The van der Waals surface area contributed by atoms with E-state index in [1.54, 1.807) is 0 Å². The Morgan fingerprint density at radius 3 is 2.78 bits per heavy atom. The molecule has 0 radical (unpaired) electrons. The van der Waals surface area contributed by atoms with Crippen molar-refractivity contribution < 1.29 is 0 Å². The molecule has 0 aliphatic carbocycles. The van der Waals surface area contributed by atoms with E-state index in [0.29, 0.717) is 6.54 Å². The fourth-order valence-corrected chi connectivity index (χ4v) is 2.81. The summed E-state index contributed by atoms with van der Waals surface area (Å²) in [4.78, 5) is 4.79. The molecule has 3 nitrogen and oxygen atoms in total. The maximum absolute atomic E-state index is 5.71. The number of nitrogens with zero attached hydrogens (tertiary/aromatic N) is 2. The van der Waals surface area contributed by atoms with Crippen molar-refractivity contribution >= 4 is 5.69 Å². The van der Waals surface area contributed by atoms with Crippen LogP contribution in [0.3, 0.4) is 0 Å². The largest absolute Gasteiger partial charge is 0.374 e. The van der Waals surface area contributed by atoms with Crippen molar-refractivity contribution in [2.75, 3.05) is 38.6 Å². The van der Waals surface area contributed by atoms with Gasteiger partial charge >= 0.3 is 0 Å². The lowest BCUT2D eigenvalue weighted by Crippen LogP contribution is -2.27. The Kier molecular flexibility index (Phi) is 4.25. The van der Waals surface area contributed by atoms with Crippen LogP contribution < -0.4 is 10.6 Å². The lowest BCUT2D eigenvalue weighted by molar-refractivity contribution is 0.396. The number of benzene rings is 1. The first-order valence-corrected chi connectivity index (χ1v) is 6.79. The zero-order chi connectivity index (χ0) is 13.1. The average Bonchev–Trinajstić information content (AvgIpc) is 2.74. The van der Waals surface area contributed by atoms with Crippen molar-refractivity contribution in [1.82, 2.24) is 4.90 Å². The molecule has 0 amide bonds. The van der Waals surface area contributed by atoms with Gasteiger partial charge in [0.1, 0.15) is 0 Å². The van der Waals surface area contributed by atoms with Gasteiger partial charge in [0.05, 0.1) is 0 Å². The van der Waals surface area contributed by atoms with E-state index in [9.17, 15) is 0 Å². The van der Waals surface area contributed by atoms with Crippen LogP contribution in [0.15, 0.2) is 18.2 Å². The Balaban J connectivity index is 2.00. The number of nitrogens with two attached hydrogens (primary N) is 1. The monoisotopic (exact) mass is 247 g/mol. The van der Waals surface area contributed by atoms with Crippen LogP contribution in [0.25, 0.3) is 0 Å². The van der Waals surface area contributed by atoms with E-state index in [1.165, 1.54) is 36.3 Å². The Hall–Kier alpha value is -1.06. The molecule has 18 heavy (non-hydrogen) atoms. The van der Waals surface area contributed by atoms with Crippen molar-refractivity contribution in [3.8, 4) is 0 Å². The van der Waals surface area contributed by atoms with E-state index < -0.39 is 0 Å². The van der Waals surface area contributed by atoms with Crippen LogP contribution in [0, 0.1) is 12.8 Å². The molecular weight excluding hydrogens is 222 g/mol. The van der Waals surface area contributed by atoms with Crippen LogP contribution in [0.1, 0.15) is 17.5 Å². The standard InChI is InChI=1S/C15H25N3/c1-12-8-15(5-4-14(12)9-16)18(3)11-13-6-7-17(2)10-13/h4-5,8,13H,6-7,9-11,16H2,1-3H3. The second-order valence-electron chi connectivity index (χ2n) is 5.61. The number of anilines is 1. The lowest BCUT2D eigenvalue weighted by atomic mass is 10.1. The minimum atomic E-state index is 0.628. The minimum Gasteiger partial charge on any atom is -0.374 e. The molecule has 0 bridgehead atoms. The van der Waals surface area contributed by atoms with Crippen LogP contribution in [0.4, 0.5) is 5.69 Å². The molecule has 1 fully saturated rings. The van der Waals surface area contributed by atoms with E-state index in [4.69, 9.17) is 5.73 Å². The number of aryl methyl sites for hydroxylation is 1. The number of hydrogen-bond acceptors (Lipinski definition) is 3. The van der Waals surface area contributed by atoms with Crippen LogP contribution >= 0.6 is 0 Å². The number of rotatable bonds is 4. The van der Waals surface area contributed by atoms with Crippen molar-refractivity contribution in [3.63, 3.8) is 0 Å². The second kappa shape index (κ2) is 5.72. The van der Waals surface area contributed by atoms with E-state index in [2.05, 4.69) is 49.0 Å². The lowest BCUT2D eigenvalue weighted by Gasteiger charge is -2.24. The van der Waals surface area contributed by atoms with Gasteiger partial charge in [-0.05, 0) is 56.1 Å². The molecule has 0 spiro atoms. The summed E-state index contributed by atoms with van der Waals surface area (Å²) in [5, 5.41) is 0. The Morgan fingerprint density at radius 2 is 2.22 bits per heavy atom. The first kappa shape index (κ1) is 13.4. The van der Waals surface area contributed by atoms with Crippen molar-refractivity contribution in [2.45, 2.75) is 19.9 Å². The average molecular weight is 247 g/mol. The van der Waals surface area contributed by atoms with Gasteiger partial charge in [-0.3, -0.25) is 0 Å². The molecular formula is C15H25N3. The SMILES string of the molecule is Cc1cc(N(C)CC2CCN(C)C2)ccc1CN. The van der Waals surface area contributed by atoms with Gasteiger partial charge in [0.25, 0.3) is 0 Å². The summed E-state index contributed by atoms with van der Waals surface area (Å²) < 4.78 is 0. The molecule has 3 heteroatoms. The molecule has 0 saturated carbocycles. The fourth-order valence-electron chi connectivity index (χ4n) is 2.81. The molecule has 1 aromatic rings. The molecule has 0 aromatic heterocycles. The van der Waals surface area contributed by atoms with Gasteiger partial charge in [-0.15, -0.1) is 0 Å². The van der Waals surface area contributed by atoms with Gasteiger partial charge in [-0.25, -0.2) is 0 Å². The molecule has 2 N–H and O–H groups in total. The molecule has 1 aromatic carbocycles. The van der Waals surface area contributed by atoms with Gasteiger partial charge in [-0.2, -0.15) is 0 Å². The van der Waals surface area contributed by atoms with Crippen LogP contribution in [0.5, 0.6) is 0 Å². The highest BCUT2D eigenvalue weighted by molar-refractivity contribution is 5.50. The predicted molar refractivity (Wildman–Crippen MR) is 77.9 cm³/mol. The molecule has 1 atom stereocenters. The number of hydrogen-bond donors (Lipinski definition) is 1. The minimum absolute atomic E-state index is 0.628. The van der Waals surface area contributed by atoms with Gasteiger partial charge in [0.2, 0.25) is 0 Å². The van der Waals surface area contributed by atoms with E-state index in [0.717, 1.165) is 12.5 Å². The highest BCUT2D eigenvalue weighted by Gasteiger charge is 2.20. The van der Waals surface area contributed by atoms with Crippen LogP contribution in [-0.4, -0.2) is 38.6 Å². The first-order chi connectivity index (χ1) is 8.60. The van der Waals surface area contributed by atoms with Crippen molar-refractivity contribution in [3.05, 3.63) is 29.3 Å². The van der Waals surface area contributed by atoms with Gasteiger partial charge in [-0.1, -0.05) is 6.07 Å². The maximum atomic E-state index is 5.71. The smallest absolute Gasteiger partial charge is 0.0366 e.